The van der Waals surface area contributed by atoms with Gasteiger partial charge in [0.2, 0.25) is 0 Å². The number of thiophene rings is 1. The molecule has 1 aromatic carbocycles. The Balaban J connectivity index is 1.50. The standard InChI is InChI=1S/C19H20ClN3O3S2/c1-13-14(2)21-26-19(13)17-6-7-18(27-17)28(24,25)23-10-8-22(9-11-23)16-5-3-4-15(20)12-16/h3-7,12H,8-11H2,1-2H3. The molecule has 0 N–H and O–H groups in total. The van der Waals surface area contributed by atoms with Gasteiger partial charge in [-0.3, -0.25) is 0 Å². The Morgan fingerprint density at radius 3 is 2.50 bits per heavy atom. The van der Waals surface area contributed by atoms with Gasteiger partial charge in [0, 0.05) is 42.5 Å². The van der Waals surface area contributed by atoms with Crippen molar-refractivity contribution in [3.8, 4) is 10.6 Å². The first-order chi connectivity index (χ1) is 13.4. The Bertz CT molecular complexity index is 1100. The Morgan fingerprint density at radius 2 is 1.86 bits per heavy atom. The summed E-state index contributed by atoms with van der Waals surface area (Å²) in [5.74, 6) is 0.634. The summed E-state index contributed by atoms with van der Waals surface area (Å²) in [5.41, 5.74) is 2.75. The van der Waals surface area contributed by atoms with Crippen molar-refractivity contribution in [3.05, 3.63) is 52.7 Å². The number of sulfonamides is 1. The summed E-state index contributed by atoms with van der Waals surface area (Å²) in [5, 5.41) is 4.63. The first-order valence-electron chi connectivity index (χ1n) is 8.90. The number of anilines is 1. The van der Waals surface area contributed by atoms with Crippen molar-refractivity contribution < 1.29 is 12.9 Å². The minimum absolute atomic E-state index is 0.326. The van der Waals surface area contributed by atoms with Gasteiger partial charge in [0.25, 0.3) is 10.0 Å². The number of aryl methyl sites for hydroxylation is 1. The molecule has 1 aliphatic rings. The number of hydrogen-bond acceptors (Lipinski definition) is 6. The Hall–Kier alpha value is -1.87. The SMILES string of the molecule is Cc1noc(-c2ccc(S(=O)(=O)N3CCN(c4cccc(Cl)c4)CC3)s2)c1C. The van der Waals surface area contributed by atoms with Crippen molar-refractivity contribution in [2.75, 3.05) is 31.1 Å². The van der Waals surface area contributed by atoms with E-state index in [0.717, 1.165) is 21.8 Å². The number of piperazine rings is 1. The van der Waals surface area contributed by atoms with Crippen LogP contribution in [0.1, 0.15) is 11.3 Å². The van der Waals surface area contributed by atoms with E-state index in [-0.39, 0.29) is 0 Å². The normalized spacial score (nSPS) is 15.9. The number of aromatic nitrogens is 1. The Labute approximate surface area is 173 Å². The number of nitrogens with zero attached hydrogens (tertiary/aromatic N) is 3. The number of halogens is 1. The first-order valence-corrected chi connectivity index (χ1v) is 11.5. The van der Waals surface area contributed by atoms with Crippen LogP contribution in [0.3, 0.4) is 0 Å². The van der Waals surface area contributed by atoms with Crippen LogP contribution in [0.25, 0.3) is 10.6 Å². The molecule has 0 atom stereocenters. The van der Waals surface area contributed by atoms with Crippen LogP contribution < -0.4 is 4.90 Å². The van der Waals surface area contributed by atoms with Gasteiger partial charge in [0.1, 0.15) is 4.21 Å². The molecular weight excluding hydrogens is 418 g/mol. The summed E-state index contributed by atoms with van der Waals surface area (Å²) in [6.45, 7) is 5.90. The van der Waals surface area contributed by atoms with Gasteiger partial charge in [-0.05, 0) is 44.2 Å². The van der Waals surface area contributed by atoms with Gasteiger partial charge in [-0.2, -0.15) is 4.31 Å². The molecule has 0 unspecified atom stereocenters. The third-order valence-corrected chi connectivity index (χ3v) is 8.65. The van der Waals surface area contributed by atoms with Gasteiger partial charge in [-0.1, -0.05) is 22.8 Å². The van der Waals surface area contributed by atoms with E-state index in [1.165, 1.54) is 11.3 Å². The molecule has 0 amide bonds. The largest absolute Gasteiger partial charge is 0.369 e. The predicted octanol–water partition coefficient (Wildman–Crippen LogP) is 4.18. The topological polar surface area (TPSA) is 66.7 Å². The van der Waals surface area contributed by atoms with Crippen molar-refractivity contribution in [1.82, 2.24) is 9.46 Å². The number of hydrogen-bond donors (Lipinski definition) is 0. The molecule has 0 radical (unpaired) electrons. The highest BCUT2D eigenvalue weighted by atomic mass is 35.5. The highest BCUT2D eigenvalue weighted by molar-refractivity contribution is 7.91. The maximum atomic E-state index is 13.1. The van der Waals surface area contributed by atoms with Gasteiger partial charge < -0.3 is 9.42 Å². The molecule has 1 aliphatic heterocycles. The minimum Gasteiger partial charge on any atom is -0.369 e. The smallest absolute Gasteiger partial charge is 0.252 e. The quantitative estimate of drug-likeness (QED) is 0.612. The van der Waals surface area contributed by atoms with Crippen molar-refractivity contribution in [3.63, 3.8) is 0 Å². The van der Waals surface area contributed by atoms with Crippen LogP contribution in [0.5, 0.6) is 0 Å². The van der Waals surface area contributed by atoms with Crippen LogP contribution in [-0.4, -0.2) is 44.1 Å². The molecule has 6 nitrogen and oxygen atoms in total. The van der Waals surface area contributed by atoms with Crippen LogP contribution in [0.15, 0.2) is 45.1 Å². The lowest BCUT2D eigenvalue weighted by Gasteiger charge is -2.35. The molecule has 1 saturated heterocycles. The molecule has 0 saturated carbocycles. The van der Waals surface area contributed by atoms with Crippen molar-refractivity contribution in [2.24, 2.45) is 0 Å². The van der Waals surface area contributed by atoms with Gasteiger partial charge in [-0.25, -0.2) is 8.42 Å². The summed E-state index contributed by atoms with van der Waals surface area (Å²) >= 11 is 7.29. The molecule has 3 aromatic rings. The molecule has 1 fully saturated rings. The lowest BCUT2D eigenvalue weighted by atomic mass is 10.2. The van der Waals surface area contributed by atoms with E-state index in [2.05, 4.69) is 10.1 Å². The lowest BCUT2D eigenvalue weighted by Crippen LogP contribution is -2.48. The summed E-state index contributed by atoms with van der Waals surface area (Å²) in [7, 11) is -3.53. The van der Waals surface area contributed by atoms with E-state index >= 15 is 0 Å². The zero-order valence-corrected chi connectivity index (χ0v) is 17.9. The van der Waals surface area contributed by atoms with Crippen molar-refractivity contribution in [1.29, 1.82) is 0 Å². The maximum Gasteiger partial charge on any atom is 0.252 e. The number of rotatable bonds is 4. The zero-order valence-electron chi connectivity index (χ0n) is 15.6. The predicted molar refractivity (Wildman–Crippen MR) is 112 cm³/mol. The molecule has 28 heavy (non-hydrogen) atoms. The molecule has 0 bridgehead atoms. The van der Waals surface area contributed by atoms with Crippen molar-refractivity contribution in [2.45, 2.75) is 18.1 Å². The minimum atomic E-state index is -3.53. The summed E-state index contributed by atoms with van der Waals surface area (Å²) in [4.78, 5) is 2.92. The Morgan fingerprint density at radius 1 is 1.11 bits per heavy atom. The lowest BCUT2D eigenvalue weighted by molar-refractivity contribution is 0.386. The van der Waals surface area contributed by atoms with Crippen LogP contribution in [-0.2, 0) is 10.0 Å². The average molecular weight is 438 g/mol. The zero-order chi connectivity index (χ0) is 19.9. The third-order valence-electron chi connectivity index (χ3n) is 4.97. The van der Waals surface area contributed by atoms with Gasteiger partial charge >= 0.3 is 0 Å². The van der Waals surface area contributed by atoms with Gasteiger partial charge in [0.05, 0.1) is 10.6 Å². The molecule has 2 aromatic heterocycles. The fourth-order valence-electron chi connectivity index (χ4n) is 3.21. The van der Waals surface area contributed by atoms with Crippen LogP contribution in [0, 0.1) is 13.8 Å². The van der Waals surface area contributed by atoms with E-state index in [4.69, 9.17) is 16.1 Å². The second-order valence-corrected chi connectivity index (χ2v) is 10.4. The van der Waals surface area contributed by atoms with Crippen LogP contribution >= 0.6 is 22.9 Å². The van der Waals surface area contributed by atoms with E-state index in [1.807, 2.05) is 38.1 Å². The Kier molecular flexibility index (Phi) is 5.22. The van der Waals surface area contributed by atoms with E-state index in [0.29, 0.717) is 41.2 Å². The average Bonchev–Trinajstić information content (AvgIpc) is 3.30. The highest BCUT2D eigenvalue weighted by Crippen LogP contribution is 2.35. The molecular formula is C19H20ClN3O3S2. The van der Waals surface area contributed by atoms with Crippen LogP contribution in [0.2, 0.25) is 5.02 Å². The summed E-state index contributed by atoms with van der Waals surface area (Å²) in [6.07, 6.45) is 0. The monoisotopic (exact) mass is 437 g/mol. The maximum absolute atomic E-state index is 13.1. The fourth-order valence-corrected chi connectivity index (χ4v) is 6.31. The molecule has 9 heteroatoms. The second-order valence-electron chi connectivity index (χ2n) is 6.71. The molecule has 148 valence electrons. The fraction of sp³-hybridized carbons (Fsp3) is 0.316. The van der Waals surface area contributed by atoms with Gasteiger partial charge in [-0.15, -0.1) is 11.3 Å². The molecule has 4 rings (SSSR count). The molecule has 0 aliphatic carbocycles. The summed E-state index contributed by atoms with van der Waals surface area (Å²) < 4.78 is 33.4. The highest BCUT2D eigenvalue weighted by Gasteiger charge is 2.30. The molecule has 0 spiro atoms. The van der Waals surface area contributed by atoms with E-state index < -0.39 is 10.0 Å². The number of benzene rings is 1. The van der Waals surface area contributed by atoms with E-state index in [9.17, 15) is 8.42 Å². The van der Waals surface area contributed by atoms with Crippen molar-refractivity contribution >= 4 is 38.6 Å². The van der Waals surface area contributed by atoms with Crippen LogP contribution in [0.4, 0.5) is 5.69 Å². The summed E-state index contributed by atoms with van der Waals surface area (Å²) in [6, 6.07) is 11.1. The van der Waals surface area contributed by atoms with Gasteiger partial charge in [0.15, 0.2) is 5.76 Å². The third kappa shape index (κ3) is 3.57. The second kappa shape index (κ2) is 7.51. The first kappa shape index (κ1) is 19.4. The molecule has 3 heterocycles. The van der Waals surface area contributed by atoms with E-state index in [1.54, 1.807) is 16.4 Å².